The molecule has 6 rings (SSSR count). The Morgan fingerprint density at radius 2 is 1.55 bits per heavy atom. The lowest BCUT2D eigenvalue weighted by Gasteiger charge is -2.11. The maximum absolute atomic E-state index is 6.37. The van der Waals surface area contributed by atoms with Gasteiger partial charge in [0.1, 0.15) is 7.05 Å². The van der Waals surface area contributed by atoms with Crippen LogP contribution >= 0.6 is 0 Å². The van der Waals surface area contributed by atoms with Gasteiger partial charge in [-0.15, -0.1) is 0 Å². The lowest BCUT2D eigenvalue weighted by Crippen LogP contribution is -2.30. The van der Waals surface area contributed by atoms with Crippen LogP contribution in [0.25, 0.3) is 54.9 Å². The molecule has 0 aliphatic rings. The number of rotatable bonds is 1. The summed E-state index contributed by atoms with van der Waals surface area (Å²) in [5, 5.41) is 7.09. The summed E-state index contributed by atoms with van der Waals surface area (Å²) in [6.45, 7) is 2.19. The monoisotopic (exact) mass is 375 g/mol. The Balaban J connectivity index is 1.86. The molecule has 0 unspecified atom stereocenters. The van der Waals surface area contributed by atoms with Crippen molar-refractivity contribution in [2.75, 3.05) is 0 Å². The van der Waals surface area contributed by atoms with E-state index in [2.05, 4.69) is 90.4 Å². The fourth-order valence-corrected chi connectivity index (χ4v) is 4.55. The minimum absolute atomic E-state index is 0.683. The summed E-state index contributed by atoms with van der Waals surface area (Å²) in [7, 11) is 2.10. The van der Waals surface area contributed by atoms with Gasteiger partial charge in [0.2, 0.25) is 11.4 Å². The number of nitrogens with zero attached hydrogens (tertiary/aromatic N) is 2. The van der Waals surface area contributed by atoms with Crippen molar-refractivity contribution in [2.45, 2.75) is 6.92 Å². The number of furan rings is 1. The first-order valence-electron chi connectivity index (χ1n) is 9.80. The van der Waals surface area contributed by atoms with Gasteiger partial charge < -0.3 is 4.42 Å². The highest BCUT2D eigenvalue weighted by Gasteiger charge is 2.24. The average Bonchev–Trinajstić information content (AvgIpc) is 3.13. The molecule has 0 aliphatic carbocycles. The molecule has 0 fully saturated rings. The van der Waals surface area contributed by atoms with Gasteiger partial charge in [0, 0.05) is 28.4 Å². The van der Waals surface area contributed by atoms with Gasteiger partial charge in [-0.3, -0.25) is 0 Å². The van der Waals surface area contributed by atoms with E-state index in [9.17, 15) is 0 Å². The van der Waals surface area contributed by atoms with E-state index in [4.69, 9.17) is 4.42 Å². The van der Waals surface area contributed by atoms with Crippen LogP contribution in [0.3, 0.4) is 0 Å². The van der Waals surface area contributed by atoms with Gasteiger partial charge in [-0.25, -0.2) is 9.55 Å². The third-order valence-electron chi connectivity index (χ3n) is 5.93. The van der Waals surface area contributed by atoms with E-state index in [0.29, 0.717) is 5.71 Å². The fourth-order valence-electron chi connectivity index (χ4n) is 4.55. The van der Waals surface area contributed by atoms with Crippen molar-refractivity contribution in [1.82, 2.24) is 4.98 Å². The van der Waals surface area contributed by atoms with E-state index in [0.717, 1.165) is 27.6 Å². The predicted octanol–water partition coefficient (Wildman–Crippen LogP) is 6.09. The van der Waals surface area contributed by atoms with E-state index < -0.39 is 0 Å². The molecule has 3 heteroatoms. The number of fused-ring (bicyclic) bond motifs is 6. The zero-order valence-corrected chi connectivity index (χ0v) is 16.3. The van der Waals surface area contributed by atoms with E-state index >= 15 is 0 Å². The molecule has 0 N–H and O–H groups in total. The Morgan fingerprint density at radius 3 is 2.41 bits per heavy atom. The Kier molecular flexibility index (Phi) is 3.30. The van der Waals surface area contributed by atoms with Crippen LogP contribution in [0.4, 0.5) is 0 Å². The van der Waals surface area contributed by atoms with Gasteiger partial charge in [-0.05, 0) is 46.8 Å². The highest BCUT2D eigenvalue weighted by Crippen LogP contribution is 2.42. The Morgan fingerprint density at radius 1 is 0.828 bits per heavy atom. The second kappa shape index (κ2) is 5.89. The summed E-state index contributed by atoms with van der Waals surface area (Å²) >= 11 is 0. The summed E-state index contributed by atoms with van der Waals surface area (Å²) in [4.78, 5) is 4.49. The molecule has 3 heterocycles. The molecule has 0 bridgehead atoms. The SMILES string of the molecule is Cc1c(-c2cc3ccccc3c[n+]2C)c2oc3ncccc3c2c2ccccc12. The van der Waals surface area contributed by atoms with Crippen LogP contribution in [-0.4, -0.2) is 4.98 Å². The number of aromatic nitrogens is 2. The molecule has 0 radical (unpaired) electrons. The largest absolute Gasteiger partial charge is 0.437 e. The number of benzene rings is 3. The van der Waals surface area contributed by atoms with Crippen molar-refractivity contribution >= 4 is 43.6 Å². The molecule has 0 saturated heterocycles. The van der Waals surface area contributed by atoms with Gasteiger partial charge in [0.05, 0.1) is 5.56 Å². The van der Waals surface area contributed by atoms with Crippen molar-refractivity contribution in [3.8, 4) is 11.3 Å². The summed E-state index contributed by atoms with van der Waals surface area (Å²) in [6, 6.07) is 23.4. The smallest absolute Gasteiger partial charge is 0.227 e. The zero-order valence-electron chi connectivity index (χ0n) is 16.3. The third-order valence-corrected chi connectivity index (χ3v) is 5.93. The molecular weight excluding hydrogens is 356 g/mol. The Hall–Kier alpha value is -3.72. The molecule has 0 spiro atoms. The summed E-state index contributed by atoms with van der Waals surface area (Å²) < 4.78 is 8.56. The van der Waals surface area contributed by atoms with Gasteiger partial charge in [0.15, 0.2) is 11.8 Å². The number of aryl methyl sites for hydroxylation is 2. The van der Waals surface area contributed by atoms with Gasteiger partial charge in [0.25, 0.3) is 0 Å². The quantitative estimate of drug-likeness (QED) is 0.326. The first-order chi connectivity index (χ1) is 14.2. The molecule has 138 valence electrons. The van der Waals surface area contributed by atoms with Crippen LogP contribution in [-0.2, 0) is 7.05 Å². The highest BCUT2D eigenvalue weighted by atomic mass is 16.3. The van der Waals surface area contributed by atoms with Crippen molar-refractivity contribution in [1.29, 1.82) is 0 Å². The summed E-state index contributed by atoms with van der Waals surface area (Å²) in [5.74, 6) is 0. The summed E-state index contributed by atoms with van der Waals surface area (Å²) in [5.41, 5.74) is 5.07. The predicted molar refractivity (Wildman–Crippen MR) is 118 cm³/mol. The topological polar surface area (TPSA) is 29.9 Å². The molecule has 29 heavy (non-hydrogen) atoms. The molecule has 3 nitrogen and oxygen atoms in total. The van der Waals surface area contributed by atoms with Crippen LogP contribution in [0.15, 0.2) is 83.5 Å². The van der Waals surface area contributed by atoms with Crippen LogP contribution in [0, 0.1) is 6.92 Å². The van der Waals surface area contributed by atoms with Crippen LogP contribution in [0.5, 0.6) is 0 Å². The average molecular weight is 375 g/mol. The number of hydrogen-bond donors (Lipinski definition) is 0. The van der Waals surface area contributed by atoms with Crippen LogP contribution in [0.1, 0.15) is 5.56 Å². The molecule has 3 aromatic carbocycles. The molecule has 6 aromatic rings. The van der Waals surface area contributed by atoms with E-state index in [1.807, 2.05) is 6.07 Å². The van der Waals surface area contributed by atoms with Crippen molar-refractivity contribution in [3.05, 3.63) is 84.7 Å². The second-order valence-electron chi connectivity index (χ2n) is 7.61. The Labute approximate surface area is 167 Å². The van der Waals surface area contributed by atoms with Crippen LogP contribution < -0.4 is 4.57 Å². The lowest BCUT2D eigenvalue weighted by atomic mass is 9.93. The maximum Gasteiger partial charge on any atom is 0.227 e. The maximum atomic E-state index is 6.37. The Bertz CT molecular complexity index is 1580. The fraction of sp³-hybridized carbons (Fsp3) is 0.0769. The first kappa shape index (κ1) is 16.3. The minimum atomic E-state index is 0.683. The first-order valence-corrected chi connectivity index (χ1v) is 9.80. The van der Waals surface area contributed by atoms with Crippen LogP contribution in [0.2, 0.25) is 0 Å². The van der Waals surface area contributed by atoms with E-state index in [1.54, 1.807) is 6.20 Å². The highest BCUT2D eigenvalue weighted by molar-refractivity contribution is 6.23. The standard InChI is InChI=1S/C26H19N2O/c1-16-19-10-5-6-11-20(19)24-21-12-7-13-27-26(21)29-25(24)23(16)22-14-17-8-3-4-9-18(17)15-28(22)2/h3-15H,1-2H3/q+1. The summed E-state index contributed by atoms with van der Waals surface area (Å²) in [6.07, 6.45) is 3.97. The van der Waals surface area contributed by atoms with E-state index in [-0.39, 0.29) is 0 Å². The number of pyridine rings is 2. The second-order valence-corrected chi connectivity index (χ2v) is 7.61. The molecular formula is C26H19N2O+. The van der Waals surface area contributed by atoms with Gasteiger partial charge >= 0.3 is 0 Å². The minimum Gasteiger partial charge on any atom is -0.437 e. The molecule has 3 aromatic heterocycles. The normalized spacial score (nSPS) is 11.8. The molecule has 0 atom stereocenters. The molecule has 0 aliphatic heterocycles. The van der Waals surface area contributed by atoms with Crippen molar-refractivity contribution in [3.63, 3.8) is 0 Å². The molecule has 0 saturated carbocycles. The molecule has 0 amide bonds. The van der Waals surface area contributed by atoms with Gasteiger partial charge in [-0.1, -0.05) is 42.5 Å². The van der Waals surface area contributed by atoms with Gasteiger partial charge in [-0.2, -0.15) is 0 Å². The third kappa shape index (κ3) is 2.24. The van der Waals surface area contributed by atoms with E-state index in [1.165, 1.54) is 27.1 Å². The van der Waals surface area contributed by atoms with Crippen molar-refractivity contribution < 1.29 is 8.98 Å². The number of hydrogen-bond acceptors (Lipinski definition) is 2. The van der Waals surface area contributed by atoms with Crippen molar-refractivity contribution in [2.24, 2.45) is 7.05 Å². The lowest BCUT2D eigenvalue weighted by molar-refractivity contribution is -0.659. The zero-order chi connectivity index (χ0) is 19.5.